The smallest absolute Gasteiger partial charge is 0.254 e. The van der Waals surface area contributed by atoms with E-state index in [0.717, 1.165) is 0 Å². The summed E-state index contributed by atoms with van der Waals surface area (Å²) in [6.45, 7) is 1.79. The van der Waals surface area contributed by atoms with Crippen molar-refractivity contribution >= 4 is 17.5 Å². The Morgan fingerprint density at radius 2 is 2.04 bits per heavy atom. The fraction of sp³-hybridized carbons (Fsp3) is 0.353. The summed E-state index contributed by atoms with van der Waals surface area (Å²) in [6, 6.07) is 3.45. The monoisotopic (exact) mass is 361 g/mol. The largest absolute Gasteiger partial charge is 0.486 e. The molecule has 0 fully saturated rings. The Bertz CT molecular complexity index is 896. The van der Waals surface area contributed by atoms with Crippen molar-refractivity contribution in [3.05, 3.63) is 50.7 Å². The van der Waals surface area contributed by atoms with Crippen LogP contribution >= 0.6 is 11.6 Å². The van der Waals surface area contributed by atoms with Crippen molar-refractivity contribution in [2.45, 2.75) is 19.4 Å². The molecule has 25 heavy (non-hydrogen) atoms. The number of halogens is 1. The molecule has 1 N–H and O–H groups in total. The molecule has 0 unspecified atom stereocenters. The molecule has 0 atom stereocenters. The first-order chi connectivity index (χ1) is 12.1. The Morgan fingerprint density at radius 3 is 2.84 bits per heavy atom. The lowest BCUT2D eigenvalue weighted by Crippen LogP contribution is -2.39. The number of nitrogens with one attached hydrogen (secondary N) is 1. The van der Waals surface area contributed by atoms with Gasteiger partial charge in [0.2, 0.25) is 5.91 Å². The van der Waals surface area contributed by atoms with Crippen molar-refractivity contribution < 1.29 is 14.3 Å². The summed E-state index contributed by atoms with van der Waals surface area (Å²) in [4.78, 5) is 32.9. The number of fused-ring (bicyclic) bond motifs is 2. The number of ether oxygens (including phenoxy) is 2. The molecule has 130 valence electrons. The number of rotatable bonds is 2. The number of aromatic nitrogens is 2. The van der Waals surface area contributed by atoms with E-state index in [2.05, 4.69) is 9.97 Å². The molecule has 2 aliphatic heterocycles. The molecule has 0 spiro atoms. The Labute approximate surface area is 148 Å². The minimum Gasteiger partial charge on any atom is -0.486 e. The lowest BCUT2D eigenvalue weighted by atomic mass is 10.0. The van der Waals surface area contributed by atoms with Crippen molar-refractivity contribution in [1.82, 2.24) is 14.9 Å². The summed E-state index contributed by atoms with van der Waals surface area (Å²) in [5, 5.41) is 0.476. The summed E-state index contributed by atoms with van der Waals surface area (Å²) in [6.07, 6.45) is 2.03. The van der Waals surface area contributed by atoms with Gasteiger partial charge in [0.05, 0.1) is 25.0 Å². The SMILES string of the molecule is O=C(Cc1cc2c(cc1Cl)OCCO2)N1CCc2c(nc[nH]c2=O)C1. The van der Waals surface area contributed by atoms with Crippen molar-refractivity contribution in [1.29, 1.82) is 0 Å². The molecule has 1 amide bonds. The van der Waals surface area contributed by atoms with Crippen LogP contribution in [0.15, 0.2) is 23.3 Å². The van der Waals surface area contributed by atoms with E-state index >= 15 is 0 Å². The maximum atomic E-state index is 12.7. The Hall–Kier alpha value is -2.54. The lowest BCUT2D eigenvalue weighted by Gasteiger charge is -2.28. The van der Waals surface area contributed by atoms with Gasteiger partial charge >= 0.3 is 0 Å². The molecule has 0 radical (unpaired) electrons. The Morgan fingerprint density at radius 1 is 1.28 bits per heavy atom. The number of carbonyl (C=O) groups is 1. The van der Waals surface area contributed by atoms with E-state index in [1.807, 2.05) is 0 Å². The predicted octanol–water partition coefficient (Wildman–Crippen LogP) is 1.32. The Balaban J connectivity index is 1.52. The first-order valence-corrected chi connectivity index (χ1v) is 8.41. The highest BCUT2D eigenvalue weighted by molar-refractivity contribution is 6.31. The molecule has 3 heterocycles. The van der Waals surface area contributed by atoms with E-state index in [4.69, 9.17) is 21.1 Å². The number of benzene rings is 1. The molecule has 0 saturated heterocycles. The van der Waals surface area contributed by atoms with Gasteiger partial charge < -0.3 is 19.4 Å². The van der Waals surface area contributed by atoms with Gasteiger partial charge in [0.15, 0.2) is 11.5 Å². The van der Waals surface area contributed by atoms with Crippen LogP contribution in [0, 0.1) is 0 Å². The summed E-state index contributed by atoms with van der Waals surface area (Å²) >= 11 is 6.28. The van der Waals surface area contributed by atoms with Gasteiger partial charge in [-0.2, -0.15) is 0 Å². The third kappa shape index (κ3) is 3.07. The maximum absolute atomic E-state index is 12.7. The van der Waals surface area contributed by atoms with E-state index in [0.29, 0.717) is 66.1 Å². The molecule has 0 saturated carbocycles. The van der Waals surface area contributed by atoms with Crippen molar-refractivity contribution in [3.8, 4) is 11.5 Å². The first-order valence-electron chi connectivity index (χ1n) is 8.03. The van der Waals surface area contributed by atoms with Crippen molar-refractivity contribution in [2.75, 3.05) is 19.8 Å². The molecule has 0 aliphatic carbocycles. The molecular weight excluding hydrogens is 346 g/mol. The number of hydrogen-bond donors (Lipinski definition) is 1. The van der Waals surface area contributed by atoms with E-state index in [9.17, 15) is 9.59 Å². The summed E-state index contributed by atoms with van der Waals surface area (Å²) in [5.41, 5.74) is 1.87. The van der Waals surface area contributed by atoms with Gasteiger partial charge in [-0.05, 0) is 18.1 Å². The molecule has 7 nitrogen and oxygen atoms in total. The number of amides is 1. The fourth-order valence-electron chi connectivity index (χ4n) is 3.09. The summed E-state index contributed by atoms with van der Waals surface area (Å²) < 4.78 is 11.0. The number of carbonyl (C=O) groups excluding carboxylic acids is 1. The van der Waals surface area contributed by atoms with Crippen LogP contribution in [0.25, 0.3) is 0 Å². The van der Waals surface area contributed by atoms with E-state index < -0.39 is 0 Å². The standard InChI is InChI=1S/C17H16ClN3O4/c18-12-7-15-14(24-3-4-25-15)5-10(12)6-16(22)21-2-1-11-13(8-21)19-9-20-17(11)23/h5,7,9H,1-4,6,8H2,(H,19,20,23). The van der Waals surface area contributed by atoms with Gasteiger partial charge in [-0.15, -0.1) is 0 Å². The topological polar surface area (TPSA) is 84.5 Å². The summed E-state index contributed by atoms with van der Waals surface area (Å²) in [5.74, 6) is 1.14. The third-order valence-corrected chi connectivity index (χ3v) is 4.77. The average molecular weight is 362 g/mol. The second kappa shape index (κ2) is 6.40. The Kier molecular flexibility index (Phi) is 4.09. The fourth-order valence-corrected chi connectivity index (χ4v) is 3.32. The highest BCUT2D eigenvalue weighted by atomic mass is 35.5. The van der Waals surface area contributed by atoms with Crippen molar-refractivity contribution in [2.24, 2.45) is 0 Å². The quantitative estimate of drug-likeness (QED) is 0.872. The average Bonchev–Trinajstić information content (AvgIpc) is 2.62. The molecular formula is C17H16ClN3O4. The second-order valence-electron chi connectivity index (χ2n) is 5.99. The minimum atomic E-state index is -0.132. The van der Waals surface area contributed by atoms with Crippen LogP contribution in [0.4, 0.5) is 0 Å². The molecule has 4 rings (SSSR count). The van der Waals surface area contributed by atoms with Crippen LogP contribution in [-0.4, -0.2) is 40.5 Å². The van der Waals surface area contributed by atoms with E-state index in [-0.39, 0.29) is 17.9 Å². The molecule has 8 heteroatoms. The van der Waals surface area contributed by atoms with Crippen LogP contribution in [0.1, 0.15) is 16.8 Å². The lowest BCUT2D eigenvalue weighted by molar-refractivity contribution is -0.131. The normalized spacial score (nSPS) is 15.6. The van der Waals surface area contributed by atoms with Crippen LogP contribution in [0.3, 0.4) is 0 Å². The van der Waals surface area contributed by atoms with Gasteiger partial charge in [-0.1, -0.05) is 11.6 Å². The van der Waals surface area contributed by atoms with Crippen molar-refractivity contribution in [3.63, 3.8) is 0 Å². The van der Waals surface area contributed by atoms with Gasteiger partial charge in [0.25, 0.3) is 5.56 Å². The first kappa shape index (κ1) is 16.0. The minimum absolute atomic E-state index is 0.0636. The maximum Gasteiger partial charge on any atom is 0.254 e. The van der Waals surface area contributed by atoms with Crippen LogP contribution in [0.5, 0.6) is 11.5 Å². The molecule has 1 aromatic carbocycles. The van der Waals surface area contributed by atoms with Crippen LogP contribution < -0.4 is 15.0 Å². The van der Waals surface area contributed by atoms with Crippen LogP contribution in [0.2, 0.25) is 5.02 Å². The van der Waals surface area contributed by atoms with E-state index in [1.54, 1.807) is 17.0 Å². The number of hydrogen-bond acceptors (Lipinski definition) is 5. The number of aromatic amines is 1. The predicted molar refractivity (Wildman–Crippen MR) is 90.1 cm³/mol. The van der Waals surface area contributed by atoms with Gasteiger partial charge in [-0.25, -0.2) is 4.98 Å². The number of nitrogens with zero attached hydrogens (tertiary/aromatic N) is 2. The van der Waals surface area contributed by atoms with E-state index in [1.165, 1.54) is 6.33 Å². The summed E-state index contributed by atoms with van der Waals surface area (Å²) in [7, 11) is 0. The highest BCUT2D eigenvalue weighted by Gasteiger charge is 2.25. The molecule has 1 aromatic heterocycles. The zero-order valence-electron chi connectivity index (χ0n) is 13.4. The molecule has 2 aromatic rings. The zero-order chi connectivity index (χ0) is 17.4. The molecule has 0 bridgehead atoms. The zero-order valence-corrected chi connectivity index (χ0v) is 14.1. The molecule has 2 aliphatic rings. The highest BCUT2D eigenvalue weighted by Crippen LogP contribution is 2.35. The van der Waals surface area contributed by atoms with Gasteiger partial charge in [0, 0.05) is 23.2 Å². The number of H-pyrrole nitrogens is 1. The van der Waals surface area contributed by atoms with Gasteiger partial charge in [-0.3, -0.25) is 9.59 Å². The van der Waals surface area contributed by atoms with Gasteiger partial charge in [0.1, 0.15) is 13.2 Å². The second-order valence-corrected chi connectivity index (χ2v) is 6.39. The third-order valence-electron chi connectivity index (χ3n) is 4.42. The van der Waals surface area contributed by atoms with Crippen LogP contribution in [-0.2, 0) is 24.2 Å².